The lowest BCUT2D eigenvalue weighted by molar-refractivity contribution is 0.0685. The molecule has 6 heteroatoms. The Morgan fingerprint density at radius 3 is 2.64 bits per heavy atom. The highest BCUT2D eigenvalue weighted by atomic mass is 16.5. The first-order valence-electron chi connectivity index (χ1n) is 6.77. The van der Waals surface area contributed by atoms with E-state index in [-0.39, 0.29) is 17.0 Å². The zero-order valence-electron chi connectivity index (χ0n) is 12.4. The van der Waals surface area contributed by atoms with Gasteiger partial charge in [-0.05, 0) is 25.5 Å². The van der Waals surface area contributed by atoms with Crippen LogP contribution in [0.5, 0.6) is 5.75 Å². The molecule has 114 valence electrons. The smallest absolute Gasteiger partial charge is 0.355 e. The van der Waals surface area contributed by atoms with E-state index in [1.165, 1.54) is 13.1 Å². The molecule has 1 N–H and O–H groups in total. The Labute approximate surface area is 127 Å². The highest BCUT2D eigenvalue weighted by Crippen LogP contribution is 2.16. The van der Waals surface area contributed by atoms with Crippen LogP contribution >= 0.6 is 0 Å². The number of para-hydroxylation sites is 1. The Morgan fingerprint density at radius 2 is 2.00 bits per heavy atom. The third-order valence-electron chi connectivity index (χ3n) is 3.10. The van der Waals surface area contributed by atoms with Crippen molar-refractivity contribution in [3.05, 3.63) is 53.1 Å². The van der Waals surface area contributed by atoms with Gasteiger partial charge in [0.25, 0.3) is 0 Å². The van der Waals surface area contributed by atoms with Crippen LogP contribution in [0.4, 0.5) is 0 Å². The standard InChI is InChI=1S/C16H16N2O4/c1-10-5-3-4-6-13(10)22-8-7-14-17-9-12(11(2)19)15(18-14)16(20)21/h3-6,9H,7-8H2,1-2H3,(H,20,21). The molecule has 0 saturated carbocycles. The number of carbonyl (C=O) groups excluding carboxylic acids is 1. The zero-order valence-corrected chi connectivity index (χ0v) is 12.4. The average Bonchev–Trinajstić information content (AvgIpc) is 2.49. The van der Waals surface area contributed by atoms with Crippen LogP contribution in [0.1, 0.15) is 39.2 Å². The van der Waals surface area contributed by atoms with Gasteiger partial charge >= 0.3 is 5.97 Å². The minimum Gasteiger partial charge on any atom is -0.493 e. The third kappa shape index (κ3) is 3.66. The molecule has 0 aliphatic rings. The molecule has 0 bridgehead atoms. The second-order valence-electron chi connectivity index (χ2n) is 4.77. The van der Waals surface area contributed by atoms with E-state index in [0.29, 0.717) is 18.9 Å². The molecular weight excluding hydrogens is 284 g/mol. The summed E-state index contributed by atoms with van der Waals surface area (Å²) in [7, 11) is 0. The van der Waals surface area contributed by atoms with Crippen LogP contribution in [0.2, 0.25) is 0 Å². The van der Waals surface area contributed by atoms with Gasteiger partial charge in [0.1, 0.15) is 11.6 Å². The molecule has 6 nitrogen and oxygen atoms in total. The topological polar surface area (TPSA) is 89.4 Å². The summed E-state index contributed by atoms with van der Waals surface area (Å²) < 4.78 is 5.62. The van der Waals surface area contributed by atoms with Crippen molar-refractivity contribution in [2.24, 2.45) is 0 Å². The first-order chi connectivity index (χ1) is 10.5. The number of carboxylic acid groups (broad SMARTS) is 1. The summed E-state index contributed by atoms with van der Waals surface area (Å²) >= 11 is 0. The number of hydrogen-bond donors (Lipinski definition) is 1. The van der Waals surface area contributed by atoms with Crippen molar-refractivity contribution >= 4 is 11.8 Å². The van der Waals surface area contributed by atoms with Gasteiger partial charge in [-0.3, -0.25) is 4.79 Å². The fourth-order valence-corrected chi connectivity index (χ4v) is 1.93. The monoisotopic (exact) mass is 300 g/mol. The molecule has 0 unspecified atom stereocenters. The lowest BCUT2D eigenvalue weighted by atomic mass is 10.1. The summed E-state index contributed by atoms with van der Waals surface area (Å²) in [6.07, 6.45) is 1.61. The molecule has 0 radical (unpaired) electrons. The number of carbonyl (C=O) groups is 2. The van der Waals surface area contributed by atoms with E-state index >= 15 is 0 Å². The highest BCUT2D eigenvalue weighted by molar-refractivity contribution is 6.03. The Morgan fingerprint density at radius 1 is 1.27 bits per heavy atom. The molecule has 0 fully saturated rings. The van der Waals surface area contributed by atoms with Gasteiger partial charge < -0.3 is 9.84 Å². The minimum absolute atomic E-state index is 0.0103. The van der Waals surface area contributed by atoms with Crippen molar-refractivity contribution in [3.63, 3.8) is 0 Å². The molecule has 1 aromatic carbocycles. The number of ether oxygens (including phenoxy) is 1. The molecule has 2 aromatic rings. The van der Waals surface area contributed by atoms with Crippen molar-refractivity contribution < 1.29 is 19.4 Å². The predicted octanol–water partition coefficient (Wildman–Crippen LogP) is 2.31. The van der Waals surface area contributed by atoms with Gasteiger partial charge in [0.2, 0.25) is 0 Å². The van der Waals surface area contributed by atoms with Crippen LogP contribution < -0.4 is 4.74 Å². The number of hydrogen-bond acceptors (Lipinski definition) is 5. The van der Waals surface area contributed by atoms with Crippen molar-refractivity contribution in [1.82, 2.24) is 9.97 Å². The molecule has 22 heavy (non-hydrogen) atoms. The number of aromatic carboxylic acids is 1. The van der Waals surface area contributed by atoms with Gasteiger partial charge in [-0.25, -0.2) is 14.8 Å². The first kappa shape index (κ1) is 15.6. The van der Waals surface area contributed by atoms with Gasteiger partial charge in [0.05, 0.1) is 12.2 Å². The second-order valence-corrected chi connectivity index (χ2v) is 4.77. The van der Waals surface area contributed by atoms with Crippen molar-refractivity contribution in [1.29, 1.82) is 0 Å². The molecule has 1 aromatic heterocycles. The van der Waals surface area contributed by atoms with Crippen molar-refractivity contribution in [3.8, 4) is 5.75 Å². The zero-order chi connectivity index (χ0) is 16.1. The van der Waals surface area contributed by atoms with E-state index in [1.807, 2.05) is 31.2 Å². The van der Waals surface area contributed by atoms with Gasteiger partial charge in [-0.15, -0.1) is 0 Å². The van der Waals surface area contributed by atoms with Crippen LogP contribution in [0, 0.1) is 6.92 Å². The van der Waals surface area contributed by atoms with Crippen molar-refractivity contribution in [2.75, 3.05) is 6.61 Å². The van der Waals surface area contributed by atoms with Crippen LogP contribution in [0.3, 0.4) is 0 Å². The number of ketones is 1. The SMILES string of the molecule is CC(=O)c1cnc(CCOc2ccccc2C)nc1C(=O)O. The maximum Gasteiger partial charge on any atom is 0.355 e. The quantitative estimate of drug-likeness (QED) is 0.823. The highest BCUT2D eigenvalue weighted by Gasteiger charge is 2.17. The molecule has 2 rings (SSSR count). The van der Waals surface area contributed by atoms with Gasteiger partial charge in [-0.1, -0.05) is 18.2 Å². The molecular formula is C16H16N2O4. The number of nitrogens with zero attached hydrogens (tertiary/aromatic N) is 2. The second kappa shape index (κ2) is 6.80. The molecule has 0 spiro atoms. The number of benzene rings is 1. The van der Waals surface area contributed by atoms with Gasteiger partial charge in [0.15, 0.2) is 11.5 Å². The van der Waals surface area contributed by atoms with Gasteiger partial charge in [-0.2, -0.15) is 0 Å². The molecule has 0 aliphatic carbocycles. The number of Topliss-reactive ketones (excluding diaryl/α,β-unsaturated/α-hetero) is 1. The van der Waals surface area contributed by atoms with Crippen LogP contribution in [0.15, 0.2) is 30.5 Å². The number of carboxylic acids is 1. The summed E-state index contributed by atoms with van der Waals surface area (Å²) in [4.78, 5) is 30.5. The maximum absolute atomic E-state index is 11.4. The van der Waals surface area contributed by atoms with E-state index < -0.39 is 5.97 Å². The first-order valence-corrected chi connectivity index (χ1v) is 6.77. The average molecular weight is 300 g/mol. The van der Waals surface area contributed by atoms with Crippen LogP contribution in [0.25, 0.3) is 0 Å². The molecule has 0 atom stereocenters. The Balaban J connectivity index is 2.08. The van der Waals surface area contributed by atoms with E-state index in [9.17, 15) is 9.59 Å². The summed E-state index contributed by atoms with van der Waals surface area (Å²) in [6.45, 7) is 3.55. The van der Waals surface area contributed by atoms with Crippen LogP contribution in [-0.2, 0) is 6.42 Å². The maximum atomic E-state index is 11.4. The fraction of sp³-hybridized carbons (Fsp3) is 0.250. The number of aromatic nitrogens is 2. The van der Waals surface area contributed by atoms with E-state index in [1.54, 1.807) is 0 Å². The summed E-state index contributed by atoms with van der Waals surface area (Å²) in [6, 6.07) is 7.60. The lowest BCUT2D eigenvalue weighted by Gasteiger charge is -2.09. The Bertz CT molecular complexity index is 713. The molecule has 1 heterocycles. The predicted molar refractivity (Wildman–Crippen MR) is 79.4 cm³/mol. The number of rotatable bonds is 6. The molecule has 0 amide bonds. The van der Waals surface area contributed by atoms with E-state index in [2.05, 4.69) is 9.97 Å². The summed E-state index contributed by atoms with van der Waals surface area (Å²) in [5.74, 6) is -0.522. The normalized spacial score (nSPS) is 10.3. The number of aryl methyl sites for hydroxylation is 1. The Kier molecular flexibility index (Phi) is 4.83. The van der Waals surface area contributed by atoms with Crippen molar-refractivity contribution in [2.45, 2.75) is 20.3 Å². The fourth-order valence-electron chi connectivity index (χ4n) is 1.93. The third-order valence-corrected chi connectivity index (χ3v) is 3.10. The van der Waals surface area contributed by atoms with Gasteiger partial charge in [0, 0.05) is 12.6 Å². The lowest BCUT2D eigenvalue weighted by Crippen LogP contribution is -2.14. The minimum atomic E-state index is -1.24. The molecule has 0 aliphatic heterocycles. The van der Waals surface area contributed by atoms with Crippen LogP contribution in [-0.4, -0.2) is 33.4 Å². The Hall–Kier alpha value is -2.76. The largest absolute Gasteiger partial charge is 0.493 e. The molecule has 0 saturated heterocycles. The van der Waals surface area contributed by atoms with E-state index in [0.717, 1.165) is 11.3 Å². The van der Waals surface area contributed by atoms with E-state index in [4.69, 9.17) is 9.84 Å². The summed E-state index contributed by atoms with van der Waals surface area (Å²) in [5, 5.41) is 9.11. The summed E-state index contributed by atoms with van der Waals surface area (Å²) in [5.41, 5.74) is 0.756.